The van der Waals surface area contributed by atoms with E-state index in [4.69, 9.17) is 4.74 Å². The SMILES string of the molecule is CCc1ccc(-n2c(C)cc(C=Nc3ccccc3C(=O)OC)c2C)cc1. The molecule has 0 atom stereocenters. The summed E-state index contributed by atoms with van der Waals surface area (Å²) in [5, 5.41) is 0. The van der Waals surface area contributed by atoms with Crippen molar-refractivity contribution in [3.8, 4) is 5.69 Å². The van der Waals surface area contributed by atoms with Crippen molar-refractivity contribution in [2.45, 2.75) is 27.2 Å². The highest BCUT2D eigenvalue weighted by atomic mass is 16.5. The first-order chi connectivity index (χ1) is 13.0. The monoisotopic (exact) mass is 360 g/mol. The van der Waals surface area contributed by atoms with Crippen LogP contribution in [0.3, 0.4) is 0 Å². The molecule has 2 aromatic carbocycles. The first-order valence-electron chi connectivity index (χ1n) is 9.04. The van der Waals surface area contributed by atoms with Crippen LogP contribution in [0, 0.1) is 13.8 Å². The van der Waals surface area contributed by atoms with Crippen LogP contribution in [0.5, 0.6) is 0 Å². The zero-order chi connectivity index (χ0) is 19.4. The van der Waals surface area contributed by atoms with Crippen molar-refractivity contribution in [2.24, 2.45) is 4.99 Å². The maximum absolute atomic E-state index is 11.9. The number of hydrogen-bond acceptors (Lipinski definition) is 3. The molecule has 0 fully saturated rings. The maximum atomic E-state index is 11.9. The van der Waals surface area contributed by atoms with Crippen molar-refractivity contribution in [1.29, 1.82) is 0 Å². The Morgan fingerprint density at radius 3 is 2.48 bits per heavy atom. The number of para-hydroxylation sites is 1. The van der Waals surface area contributed by atoms with Crippen molar-refractivity contribution in [1.82, 2.24) is 4.57 Å². The van der Waals surface area contributed by atoms with Crippen LogP contribution in [0.4, 0.5) is 5.69 Å². The lowest BCUT2D eigenvalue weighted by molar-refractivity contribution is 0.0601. The molecule has 0 saturated carbocycles. The fourth-order valence-electron chi connectivity index (χ4n) is 3.20. The average molecular weight is 360 g/mol. The number of aryl methyl sites for hydroxylation is 2. The summed E-state index contributed by atoms with van der Waals surface area (Å²) in [4.78, 5) is 16.5. The van der Waals surface area contributed by atoms with Crippen LogP contribution in [0.15, 0.2) is 59.6 Å². The molecule has 0 saturated heterocycles. The summed E-state index contributed by atoms with van der Waals surface area (Å²) in [7, 11) is 1.38. The lowest BCUT2D eigenvalue weighted by Crippen LogP contribution is -2.01. The van der Waals surface area contributed by atoms with Crippen LogP contribution in [0.1, 0.15) is 39.8 Å². The Kier molecular flexibility index (Phi) is 5.55. The standard InChI is InChI=1S/C23H24N2O2/c1-5-18-10-12-20(13-11-18)25-16(2)14-19(17(25)3)15-24-22-9-7-6-8-21(22)23(26)27-4/h6-15H,5H2,1-4H3. The quantitative estimate of drug-likeness (QED) is 0.464. The largest absolute Gasteiger partial charge is 0.465 e. The number of carbonyl (C=O) groups is 1. The predicted molar refractivity (Wildman–Crippen MR) is 110 cm³/mol. The van der Waals surface area contributed by atoms with E-state index in [2.05, 4.69) is 60.7 Å². The van der Waals surface area contributed by atoms with E-state index in [1.165, 1.54) is 12.7 Å². The van der Waals surface area contributed by atoms with Gasteiger partial charge in [0.25, 0.3) is 0 Å². The number of carbonyl (C=O) groups excluding carboxylic acids is 1. The molecule has 0 radical (unpaired) electrons. The fraction of sp³-hybridized carbons (Fsp3) is 0.217. The first kappa shape index (κ1) is 18.6. The summed E-state index contributed by atoms with van der Waals surface area (Å²) < 4.78 is 7.05. The molecular weight excluding hydrogens is 336 g/mol. The highest BCUT2D eigenvalue weighted by Gasteiger charge is 2.12. The number of nitrogens with zero attached hydrogens (tertiary/aromatic N) is 2. The van der Waals surface area contributed by atoms with Crippen molar-refractivity contribution in [2.75, 3.05) is 7.11 Å². The molecule has 3 aromatic rings. The zero-order valence-corrected chi connectivity index (χ0v) is 16.2. The minimum atomic E-state index is -0.385. The molecule has 4 heteroatoms. The molecule has 138 valence electrons. The Balaban J connectivity index is 1.96. The molecule has 0 spiro atoms. The first-order valence-corrected chi connectivity index (χ1v) is 9.04. The van der Waals surface area contributed by atoms with E-state index in [-0.39, 0.29) is 5.97 Å². The second kappa shape index (κ2) is 8.04. The van der Waals surface area contributed by atoms with Crippen molar-refractivity contribution < 1.29 is 9.53 Å². The topological polar surface area (TPSA) is 43.6 Å². The summed E-state index contributed by atoms with van der Waals surface area (Å²) in [5.74, 6) is -0.385. The lowest BCUT2D eigenvalue weighted by Gasteiger charge is -2.10. The van der Waals surface area contributed by atoms with E-state index in [1.54, 1.807) is 18.3 Å². The third-order valence-corrected chi connectivity index (χ3v) is 4.73. The Hall–Kier alpha value is -3.14. The molecular formula is C23H24N2O2. The normalized spacial score (nSPS) is 11.1. The van der Waals surface area contributed by atoms with Crippen LogP contribution in [-0.2, 0) is 11.2 Å². The lowest BCUT2D eigenvalue weighted by atomic mass is 10.1. The van der Waals surface area contributed by atoms with Gasteiger partial charge in [-0.15, -0.1) is 0 Å². The van der Waals surface area contributed by atoms with Gasteiger partial charge in [0.2, 0.25) is 0 Å². The maximum Gasteiger partial charge on any atom is 0.340 e. The number of hydrogen-bond donors (Lipinski definition) is 0. The molecule has 0 unspecified atom stereocenters. The van der Waals surface area contributed by atoms with Gasteiger partial charge in [-0.05, 0) is 56.2 Å². The zero-order valence-electron chi connectivity index (χ0n) is 16.2. The minimum Gasteiger partial charge on any atom is -0.465 e. The van der Waals surface area contributed by atoms with Gasteiger partial charge in [-0.3, -0.25) is 4.99 Å². The molecule has 3 rings (SSSR count). The average Bonchev–Trinajstić information content (AvgIpc) is 2.99. The molecule has 0 aliphatic carbocycles. The van der Waals surface area contributed by atoms with Gasteiger partial charge in [-0.25, -0.2) is 4.79 Å². The van der Waals surface area contributed by atoms with Crippen LogP contribution in [0.25, 0.3) is 5.69 Å². The van der Waals surface area contributed by atoms with Gasteiger partial charge in [-0.2, -0.15) is 0 Å². The van der Waals surface area contributed by atoms with Gasteiger partial charge in [0.05, 0.1) is 18.4 Å². The number of aliphatic imine (C=N–C) groups is 1. The number of methoxy groups -OCH3 is 1. The molecule has 0 N–H and O–H groups in total. The summed E-state index contributed by atoms with van der Waals surface area (Å²) in [5.41, 5.74) is 6.78. The van der Waals surface area contributed by atoms with Crippen molar-refractivity contribution in [3.63, 3.8) is 0 Å². The second-order valence-electron chi connectivity index (χ2n) is 6.45. The van der Waals surface area contributed by atoms with E-state index in [1.807, 2.05) is 12.1 Å². The number of benzene rings is 2. The van der Waals surface area contributed by atoms with Crippen molar-refractivity contribution >= 4 is 17.9 Å². The van der Waals surface area contributed by atoms with E-state index in [0.29, 0.717) is 11.3 Å². The van der Waals surface area contributed by atoms with Gasteiger partial charge in [-0.1, -0.05) is 31.2 Å². The van der Waals surface area contributed by atoms with E-state index >= 15 is 0 Å². The third kappa shape index (κ3) is 3.85. The van der Waals surface area contributed by atoms with Crippen LogP contribution in [-0.4, -0.2) is 23.9 Å². The molecule has 0 amide bonds. The van der Waals surface area contributed by atoms with Crippen LogP contribution >= 0.6 is 0 Å². The molecule has 0 aliphatic heterocycles. The third-order valence-electron chi connectivity index (χ3n) is 4.73. The molecule has 1 aromatic heterocycles. The Labute approximate surface area is 160 Å². The number of ether oxygens (including phenoxy) is 1. The number of aromatic nitrogens is 1. The number of esters is 1. The molecule has 1 heterocycles. The van der Waals surface area contributed by atoms with Gasteiger partial charge in [0.15, 0.2) is 0 Å². The van der Waals surface area contributed by atoms with Crippen LogP contribution in [0.2, 0.25) is 0 Å². The Morgan fingerprint density at radius 1 is 1.11 bits per heavy atom. The van der Waals surface area contributed by atoms with E-state index in [0.717, 1.165) is 29.1 Å². The highest BCUT2D eigenvalue weighted by molar-refractivity contribution is 5.96. The summed E-state index contributed by atoms with van der Waals surface area (Å²) >= 11 is 0. The summed E-state index contributed by atoms with van der Waals surface area (Å²) in [6.07, 6.45) is 2.84. The van der Waals surface area contributed by atoms with Gasteiger partial charge < -0.3 is 9.30 Å². The molecule has 4 nitrogen and oxygen atoms in total. The van der Waals surface area contributed by atoms with Gasteiger partial charge in [0.1, 0.15) is 0 Å². The fourth-order valence-corrected chi connectivity index (χ4v) is 3.20. The minimum absolute atomic E-state index is 0.385. The molecule has 0 bridgehead atoms. The summed E-state index contributed by atoms with van der Waals surface area (Å²) in [6, 6.07) is 17.9. The molecule has 27 heavy (non-hydrogen) atoms. The Bertz CT molecular complexity index is 982. The van der Waals surface area contributed by atoms with Crippen LogP contribution < -0.4 is 0 Å². The summed E-state index contributed by atoms with van der Waals surface area (Å²) in [6.45, 7) is 6.32. The highest BCUT2D eigenvalue weighted by Crippen LogP contribution is 2.23. The number of rotatable bonds is 5. The Morgan fingerprint density at radius 2 is 1.81 bits per heavy atom. The molecule has 0 aliphatic rings. The van der Waals surface area contributed by atoms with Crippen molar-refractivity contribution in [3.05, 3.63) is 82.7 Å². The second-order valence-corrected chi connectivity index (χ2v) is 6.45. The van der Waals surface area contributed by atoms with Gasteiger partial charge in [0, 0.05) is 28.9 Å². The smallest absolute Gasteiger partial charge is 0.340 e. The van der Waals surface area contributed by atoms with E-state index in [9.17, 15) is 4.79 Å². The predicted octanol–water partition coefficient (Wildman–Crippen LogP) is 5.19. The van der Waals surface area contributed by atoms with Gasteiger partial charge >= 0.3 is 5.97 Å². The van der Waals surface area contributed by atoms with E-state index < -0.39 is 0 Å².